The molecule has 0 radical (unpaired) electrons. The Morgan fingerprint density at radius 1 is 1.13 bits per heavy atom. The first-order valence-electron chi connectivity index (χ1n) is 4.40. The molecule has 7 heteroatoms. The van der Waals surface area contributed by atoms with Crippen molar-refractivity contribution in [1.29, 1.82) is 0 Å². The van der Waals surface area contributed by atoms with Crippen molar-refractivity contribution in [2.45, 2.75) is 33.2 Å². The lowest BCUT2D eigenvalue weighted by atomic mass is 10.4. The van der Waals surface area contributed by atoms with E-state index >= 15 is 0 Å². The van der Waals surface area contributed by atoms with Gasteiger partial charge in [-0.25, -0.2) is 0 Å². The summed E-state index contributed by atoms with van der Waals surface area (Å²) in [4.78, 5) is 0. The lowest BCUT2D eigenvalue weighted by Gasteiger charge is -2.25. The van der Waals surface area contributed by atoms with E-state index in [4.69, 9.17) is 12.2 Å². The van der Waals surface area contributed by atoms with Gasteiger partial charge in [-0.3, -0.25) is 0 Å². The van der Waals surface area contributed by atoms with Crippen molar-refractivity contribution in [3.63, 3.8) is 0 Å². The molecule has 15 heavy (non-hydrogen) atoms. The third-order valence-corrected chi connectivity index (χ3v) is 13.7. The van der Waals surface area contributed by atoms with Gasteiger partial charge in [0.15, 0.2) is 0 Å². The van der Waals surface area contributed by atoms with Crippen LogP contribution in [0, 0.1) is 3.14 Å². The maximum atomic E-state index is 5.27. The van der Waals surface area contributed by atoms with Crippen LogP contribution in [-0.2, 0) is 0 Å². The molecule has 0 saturated heterocycles. The Bertz CT molecular complexity index is 438. The van der Waals surface area contributed by atoms with Crippen molar-refractivity contribution >= 4 is 104 Å². The minimum atomic E-state index is 0.810. The molecular formula is C8H6I2S5. The molecule has 0 aromatic carbocycles. The van der Waals surface area contributed by atoms with Crippen molar-refractivity contribution in [1.82, 2.24) is 0 Å². The third-order valence-electron chi connectivity index (χ3n) is 2.50. The molecule has 0 amide bonds. The predicted octanol–water partition coefficient (Wildman–Crippen LogP) is 5.48. The van der Waals surface area contributed by atoms with Crippen LogP contribution in [-0.4, -0.2) is 18.3 Å². The van der Waals surface area contributed by atoms with Crippen LogP contribution in [0.15, 0.2) is 8.42 Å². The molecule has 0 bridgehead atoms. The van der Waals surface area contributed by atoms with Gasteiger partial charge in [-0.15, -0.1) is 46.2 Å². The summed E-state index contributed by atoms with van der Waals surface area (Å²) in [6, 6.07) is 0. The van der Waals surface area contributed by atoms with Crippen LogP contribution in [0.25, 0.3) is 0 Å². The first kappa shape index (κ1) is 12.5. The first-order valence-corrected chi connectivity index (χ1v) is 10.7. The Morgan fingerprint density at radius 3 is 2.53 bits per heavy atom. The molecule has 2 aliphatic rings. The molecule has 1 fully saturated rings. The minimum Gasteiger partial charge on any atom is -0.109 e. The number of hydrogen-bond donors (Lipinski definition) is 0. The van der Waals surface area contributed by atoms with E-state index < -0.39 is 0 Å². The Kier molecular flexibility index (Phi) is 4.02. The van der Waals surface area contributed by atoms with Gasteiger partial charge in [-0.2, -0.15) is 0 Å². The number of rotatable bonds is 0. The van der Waals surface area contributed by atoms with E-state index in [1.807, 2.05) is 22.7 Å². The van der Waals surface area contributed by atoms with Crippen LogP contribution < -0.4 is 0 Å². The van der Waals surface area contributed by atoms with Crippen LogP contribution in [0.4, 0.5) is 0 Å². The van der Waals surface area contributed by atoms with Gasteiger partial charge in [0.05, 0.1) is 8.42 Å². The summed E-state index contributed by atoms with van der Waals surface area (Å²) in [5.41, 5.74) is 0. The summed E-state index contributed by atoms with van der Waals surface area (Å²) in [7, 11) is 0. The summed E-state index contributed by atoms with van der Waals surface area (Å²) in [5, 5.41) is 1.64. The molecule has 1 saturated carbocycles. The minimum absolute atomic E-state index is 0.810. The molecule has 3 rings (SSSR count). The smallest absolute Gasteiger partial charge is 0.109 e. The predicted molar refractivity (Wildman–Crippen MR) is 92.6 cm³/mol. The number of halogens is 2. The maximum Gasteiger partial charge on any atom is 0.145 e. The zero-order valence-electron chi connectivity index (χ0n) is 7.31. The van der Waals surface area contributed by atoms with Gasteiger partial charge in [0.1, 0.15) is 3.14 Å². The molecule has 1 aliphatic heterocycles. The topological polar surface area (TPSA) is 0 Å². The molecule has 0 N–H and O–H groups in total. The molecular weight excluding hydrogens is 510 g/mol. The summed E-state index contributed by atoms with van der Waals surface area (Å²) in [6.07, 6.45) is 1.37. The van der Waals surface area contributed by atoms with Crippen molar-refractivity contribution in [3.8, 4) is 0 Å². The molecule has 0 spiro atoms. The van der Waals surface area contributed by atoms with Crippen LogP contribution in [0.5, 0.6) is 0 Å². The SMILES string of the molecule is S=c1sc2c(s1)S[C@H]1C[C@@H](I)[C@@H](I)[C@H]1S2. The van der Waals surface area contributed by atoms with Gasteiger partial charge in [0, 0.05) is 18.3 Å². The second-order valence-corrected chi connectivity index (χ2v) is 12.7. The summed E-state index contributed by atoms with van der Waals surface area (Å²) in [5.74, 6) is 0. The van der Waals surface area contributed by atoms with Crippen LogP contribution >= 0.6 is 104 Å². The average molecular weight is 516 g/mol. The fourth-order valence-corrected chi connectivity index (χ4v) is 12.1. The second kappa shape index (κ2) is 4.84. The van der Waals surface area contributed by atoms with E-state index in [2.05, 4.69) is 68.7 Å². The molecule has 2 heterocycles. The zero-order valence-corrected chi connectivity index (χ0v) is 15.7. The molecule has 82 valence electrons. The summed E-state index contributed by atoms with van der Waals surface area (Å²) < 4.78 is 5.74. The molecule has 1 aliphatic carbocycles. The average Bonchev–Trinajstić information content (AvgIpc) is 2.65. The molecule has 0 unspecified atom stereocenters. The monoisotopic (exact) mass is 516 g/mol. The summed E-state index contributed by atoms with van der Waals surface area (Å²) >= 11 is 18.3. The van der Waals surface area contributed by atoms with Crippen molar-refractivity contribution in [2.24, 2.45) is 0 Å². The molecule has 0 nitrogen and oxygen atoms in total. The quantitative estimate of drug-likeness (QED) is 0.255. The maximum absolute atomic E-state index is 5.27. The van der Waals surface area contributed by atoms with Gasteiger partial charge >= 0.3 is 0 Å². The zero-order chi connectivity index (χ0) is 10.6. The van der Waals surface area contributed by atoms with Crippen LogP contribution in [0.1, 0.15) is 6.42 Å². The Hall–Kier alpha value is 2.43. The molecule has 1 aromatic rings. The number of hydrogen-bond acceptors (Lipinski definition) is 5. The Labute approximate surface area is 138 Å². The highest BCUT2D eigenvalue weighted by Crippen LogP contribution is 2.57. The standard InChI is InChI=1S/C8H6I2S5/c9-2-1-3-5(4(2)10)13-7-6(12-3)14-8(11)15-7/h2-5H,1H2/t2-,3+,4-,5+/m1/s1. The van der Waals surface area contributed by atoms with Gasteiger partial charge in [0.25, 0.3) is 0 Å². The van der Waals surface area contributed by atoms with Crippen LogP contribution in [0.2, 0.25) is 0 Å². The van der Waals surface area contributed by atoms with Crippen molar-refractivity contribution in [3.05, 3.63) is 3.14 Å². The Balaban J connectivity index is 1.95. The summed E-state index contributed by atoms with van der Waals surface area (Å²) in [6.45, 7) is 0. The van der Waals surface area contributed by atoms with Gasteiger partial charge < -0.3 is 0 Å². The van der Waals surface area contributed by atoms with Gasteiger partial charge in [-0.1, -0.05) is 57.4 Å². The van der Waals surface area contributed by atoms with Crippen LogP contribution in [0.3, 0.4) is 0 Å². The van der Waals surface area contributed by atoms with E-state index in [1.54, 1.807) is 0 Å². The Morgan fingerprint density at radius 2 is 1.80 bits per heavy atom. The highest BCUT2D eigenvalue weighted by atomic mass is 127. The van der Waals surface area contributed by atoms with Gasteiger partial charge in [0.2, 0.25) is 0 Å². The van der Waals surface area contributed by atoms with E-state index in [0.29, 0.717) is 0 Å². The fraction of sp³-hybridized carbons (Fsp3) is 0.625. The van der Waals surface area contributed by atoms with Crippen molar-refractivity contribution in [2.75, 3.05) is 0 Å². The van der Waals surface area contributed by atoms with E-state index in [0.717, 1.165) is 21.5 Å². The highest BCUT2D eigenvalue weighted by molar-refractivity contribution is 14.1. The first-order chi connectivity index (χ1) is 7.15. The fourth-order valence-electron chi connectivity index (χ4n) is 1.81. The molecule has 1 aromatic heterocycles. The molecule has 4 atom stereocenters. The normalized spacial score (nSPS) is 38.8. The van der Waals surface area contributed by atoms with E-state index in [-0.39, 0.29) is 0 Å². The van der Waals surface area contributed by atoms with Crippen molar-refractivity contribution < 1.29 is 0 Å². The lowest BCUT2D eigenvalue weighted by molar-refractivity contribution is 0.926. The lowest BCUT2D eigenvalue weighted by Crippen LogP contribution is -2.23. The van der Waals surface area contributed by atoms with E-state index in [9.17, 15) is 0 Å². The number of fused-ring (bicyclic) bond motifs is 2. The number of alkyl halides is 2. The highest BCUT2D eigenvalue weighted by Gasteiger charge is 2.45. The van der Waals surface area contributed by atoms with Gasteiger partial charge in [-0.05, 0) is 6.42 Å². The largest absolute Gasteiger partial charge is 0.145 e. The third kappa shape index (κ3) is 2.32. The van der Waals surface area contributed by atoms with E-state index in [1.165, 1.54) is 14.8 Å². The second-order valence-electron chi connectivity index (χ2n) is 3.46. The number of thioether (sulfide) groups is 2.